The number of esters is 1. The van der Waals surface area contributed by atoms with Crippen LogP contribution in [0.2, 0.25) is 0 Å². The van der Waals surface area contributed by atoms with Crippen LogP contribution in [0, 0.1) is 40.4 Å². The van der Waals surface area contributed by atoms with Crippen LogP contribution in [0.25, 0.3) is 0 Å². The summed E-state index contributed by atoms with van der Waals surface area (Å²) in [5, 5.41) is 11.2. The van der Waals surface area contributed by atoms with Gasteiger partial charge in [0.15, 0.2) is 5.78 Å². The summed E-state index contributed by atoms with van der Waals surface area (Å²) in [6, 6.07) is 0. The second-order valence-electron chi connectivity index (χ2n) is 9.51. The van der Waals surface area contributed by atoms with Crippen molar-refractivity contribution in [3.63, 3.8) is 0 Å². The molecule has 4 heteroatoms. The summed E-state index contributed by atoms with van der Waals surface area (Å²) in [5.74, 6) is 0.983. The van der Waals surface area contributed by atoms with Crippen LogP contribution < -0.4 is 0 Å². The summed E-state index contributed by atoms with van der Waals surface area (Å²) < 4.78 is 5.13. The molecule has 4 aliphatic carbocycles. The third-order valence-corrected chi connectivity index (χ3v) is 8.29. The molecule has 4 aliphatic rings. The molecular formula is C22H30O4. The van der Waals surface area contributed by atoms with Crippen molar-refractivity contribution >= 4 is 11.8 Å². The Hall–Kier alpha value is -1.42. The molecule has 8 atom stereocenters. The van der Waals surface area contributed by atoms with E-state index < -0.39 is 6.10 Å². The molecule has 0 aromatic heterocycles. The first kappa shape index (κ1) is 18.0. The Bertz CT molecular complexity index is 707. The fraction of sp³-hybridized carbons (Fsp3) is 0.727. The lowest BCUT2D eigenvalue weighted by Gasteiger charge is -2.58. The number of aliphatic hydroxyl groups is 1. The molecule has 3 fully saturated rings. The standard InChI is InChI=1S/C22H30O4/c1-12-9-16-15-6-5-13-10-14(23)7-8-21(13,2)19(15)17(24)11-22(16,3)18(12)20(25)26-4/h7-8,10,12,15-19,24H,5-6,9,11H2,1-4H3/t12-,15+,16+,17+,18-,19-,21+,22+/m1/s1. The van der Waals surface area contributed by atoms with Gasteiger partial charge in [-0.05, 0) is 61.0 Å². The molecule has 1 N–H and O–H groups in total. The van der Waals surface area contributed by atoms with E-state index in [4.69, 9.17) is 4.74 Å². The molecular weight excluding hydrogens is 328 g/mol. The Morgan fingerprint density at radius 3 is 2.77 bits per heavy atom. The van der Waals surface area contributed by atoms with E-state index in [2.05, 4.69) is 20.8 Å². The number of fused-ring (bicyclic) bond motifs is 5. The van der Waals surface area contributed by atoms with Gasteiger partial charge in [-0.15, -0.1) is 0 Å². The SMILES string of the molecule is COC(=O)[C@H]1[C@H](C)C[C@H]2[C@@H]3CCC4=CC(=O)C=C[C@]4(C)[C@H]3[C@@H](O)C[C@@]21C. The quantitative estimate of drug-likeness (QED) is 0.731. The predicted octanol–water partition coefficient (Wildman–Crippen LogP) is 3.30. The minimum atomic E-state index is -0.467. The number of carbonyl (C=O) groups excluding carboxylic acids is 2. The molecule has 0 unspecified atom stereocenters. The van der Waals surface area contributed by atoms with Gasteiger partial charge in [-0.3, -0.25) is 9.59 Å². The van der Waals surface area contributed by atoms with Gasteiger partial charge >= 0.3 is 5.97 Å². The van der Waals surface area contributed by atoms with Crippen molar-refractivity contribution < 1.29 is 19.4 Å². The van der Waals surface area contributed by atoms with E-state index in [1.54, 1.807) is 12.2 Å². The molecule has 0 radical (unpaired) electrons. The summed E-state index contributed by atoms with van der Waals surface area (Å²) in [6.45, 7) is 6.53. The normalized spacial score (nSPS) is 49.7. The predicted molar refractivity (Wildman–Crippen MR) is 98.1 cm³/mol. The maximum absolute atomic E-state index is 12.5. The molecule has 4 nitrogen and oxygen atoms in total. The van der Waals surface area contributed by atoms with E-state index in [1.807, 2.05) is 6.08 Å². The number of methoxy groups -OCH3 is 1. The van der Waals surface area contributed by atoms with Crippen LogP contribution in [0.1, 0.15) is 46.5 Å². The van der Waals surface area contributed by atoms with Crippen molar-refractivity contribution in [2.45, 2.75) is 52.6 Å². The van der Waals surface area contributed by atoms with Gasteiger partial charge in [-0.1, -0.05) is 32.4 Å². The number of hydrogen-bond acceptors (Lipinski definition) is 4. The van der Waals surface area contributed by atoms with Crippen LogP contribution in [0.4, 0.5) is 0 Å². The van der Waals surface area contributed by atoms with Gasteiger partial charge in [0.1, 0.15) is 0 Å². The third-order valence-electron chi connectivity index (χ3n) is 8.29. The molecule has 0 heterocycles. The largest absolute Gasteiger partial charge is 0.469 e. The van der Waals surface area contributed by atoms with Crippen LogP contribution in [-0.2, 0) is 14.3 Å². The fourth-order valence-electron chi connectivity index (χ4n) is 7.32. The molecule has 0 saturated heterocycles. The number of aliphatic hydroxyl groups excluding tert-OH is 1. The molecule has 0 amide bonds. The van der Waals surface area contributed by atoms with E-state index in [1.165, 1.54) is 12.7 Å². The van der Waals surface area contributed by atoms with E-state index in [9.17, 15) is 14.7 Å². The molecule has 142 valence electrons. The van der Waals surface area contributed by atoms with Crippen molar-refractivity contribution in [1.82, 2.24) is 0 Å². The number of ketones is 1. The van der Waals surface area contributed by atoms with Gasteiger partial charge in [0.05, 0.1) is 19.1 Å². The van der Waals surface area contributed by atoms with Crippen LogP contribution in [0.5, 0.6) is 0 Å². The van der Waals surface area contributed by atoms with E-state index in [-0.39, 0.29) is 40.3 Å². The molecule has 4 rings (SSSR count). The summed E-state index contributed by atoms with van der Waals surface area (Å²) in [4.78, 5) is 24.4. The van der Waals surface area contributed by atoms with Crippen molar-refractivity contribution in [3.05, 3.63) is 23.8 Å². The van der Waals surface area contributed by atoms with E-state index in [0.717, 1.165) is 19.3 Å². The Morgan fingerprint density at radius 2 is 2.08 bits per heavy atom. The Morgan fingerprint density at radius 1 is 1.35 bits per heavy atom. The third kappa shape index (κ3) is 2.24. The Balaban J connectivity index is 1.74. The van der Waals surface area contributed by atoms with Crippen molar-refractivity contribution in [3.8, 4) is 0 Å². The zero-order chi connectivity index (χ0) is 18.9. The number of carbonyl (C=O) groups is 2. The average Bonchev–Trinajstić information content (AvgIpc) is 2.84. The average molecular weight is 358 g/mol. The number of rotatable bonds is 1. The van der Waals surface area contributed by atoms with Gasteiger partial charge in [0.2, 0.25) is 0 Å². The maximum atomic E-state index is 12.5. The molecule has 26 heavy (non-hydrogen) atoms. The van der Waals surface area contributed by atoms with E-state index >= 15 is 0 Å². The monoisotopic (exact) mass is 358 g/mol. The highest BCUT2D eigenvalue weighted by Crippen LogP contribution is 2.67. The van der Waals surface area contributed by atoms with Gasteiger partial charge in [0, 0.05) is 11.3 Å². The van der Waals surface area contributed by atoms with Crippen LogP contribution in [0.3, 0.4) is 0 Å². The van der Waals surface area contributed by atoms with Gasteiger partial charge < -0.3 is 9.84 Å². The minimum Gasteiger partial charge on any atom is -0.469 e. The van der Waals surface area contributed by atoms with Crippen LogP contribution in [0.15, 0.2) is 23.8 Å². The first-order valence-corrected chi connectivity index (χ1v) is 9.92. The smallest absolute Gasteiger partial charge is 0.309 e. The molecule has 0 spiro atoms. The molecule has 0 aromatic carbocycles. The summed E-state index contributed by atoms with van der Waals surface area (Å²) >= 11 is 0. The Labute approximate surface area is 155 Å². The lowest BCUT2D eigenvalue weighted by atomic mass is 9.47. The highest BCUT2D eigenvalue weighted by atomic mass is 16.5. The second kappa shape index (κ2) is 5.79. The highest BCUT2D eigenvalue weighted by Gasteiger charge is 2.64. The zero-order valence-electron chi connectivity index (χ0n) is 16.2. The Kier molecular flexibility index (Phi) is 4.00. The van der Waals surface area contributed by atoms with Gasteiger partial charge in [-0.2, -0.15) is 0 Å². The van der Waals surface area contributed by atoms with Crippen molar-refractivity contribution in [2.24, 2.45) is 40.4 Å². The molecule has 0 aliphatic heterocycles. The maximum Gasteiger partial charge on any atom is 0.309 e. The highest BCUT2D eigenvalue weighted by molar-refractivity contribution is 6.01. The zero-order valence-corrected chi connectivity index (χ0v) is 16.2. The van der Waals surface area contributed by atoms with Gasteiger partial charge in [0.25, 0.3) is 0 Å². The van der Waals surface area contributed by atoms with Crippen molar-refractivity contribution in [2.75, 3.05) is 7.11 Å². The fourth-order valence-corrected chi connectivity index (χ4v) is 7.32. The number of hydrogen-bond donors (Lipinski definition) is 1. The van der Waals surface area contributed by atoms with Crippen LogP contribution >= 0.6 is 0 Å². The summed E-state index contributed by atoms with van der Waals surface area (Å²) in [7, 11) is 1.47. The van der Waals surface area contributed by atoms with Crippen molar-refractivity contribution in [1.29, 1.82) is 0 Å². The van der Waals surface area contributed by atoms with Gasteiger partial charge in [-0.25, -0.2) is 0 Å². The lowest BCUT2D eigenvalue weighted by Crippen LogP contribution is -2.56. The van der Waals surface area contributed by atoms with Crippen LogP contribution in [-0.4, -0.2) is 30.1 Å². The van der Waals surface area contributed by atoms with E-state index in [0.29, 0.717) is 18.3 Å². The number of ether oxygens (including phenoxy) is 1. The molecule has 0 aromatic rings. The topological polar surface area (TPSA) is 63.6 Å². The summed E-state index contributed by atoms with van der Waals surface area (Å²) in [6.07, 6.45) is 8.56. The molecule has 3 saturated carbocycles. The first-order chi connectivity index (χ1) is 12.2. The summed E-state index contributed by atoms with van der Waals surface area (Å²) in [5.41, 5.74) is 0.715. The molecule has 0 bridgehead atoms. The first-order valence-electron chi connectivity index (χ1n) is 9.92. The minimum absolute atomic E-state index is 0.0614. The number of allylic oxidation sites excluding steroid dienone is 4. The second-order valence-corrected chi connectivity index (χ2v) is 9.51. The lowest BCUT2D eigenvalue weighted by molar-refractivity contribution is -0.159.